The normalized spacial score (nSPS) is 33.0. The second-order valence-electron chi connectivity index (χ2n) is 9.89. The number of benzene rings is 1. The Morgan fingerprint density at radius 2 is 1.92 bits per heavy atom. The van der Waals surface area contributed by atoms with E-state index in [1.807, 2.05) is 0 Å². The largest absolute Gasteiger partial charge is 0.383 e. The van der Waals surface area contributed by atoms with Gasteiger partial charge in [-0.15, -0.1) is 0 Å². The second kappa shape index (κ2) is 8.14. The predicted octanol–water partition coefficient (Wildman–Crippen LogP) is -2.92. The molecule has 1 aromatic rings. The minimum Gasteiger partial charge on any atom is -0.383 e. The number of nitrogens with zero attached hydrogens (tertiary/aromatic N) is 4. The van der Waals surface area contributed by atoms with Gasteiger partial charge in [-0.25, -0.2) is 18.4 Å². The molecular formula is C22H28N8O6S. The SMILES string of the molecule is C[C@]1(O)[C@@H](NC(=O)c2cccc(S(C)(=O)=O)c2)CN2C(N)=NC(CN3C(=O)CCC3=O)C3N=C(N)NC321. The van der Waals surface area contributed by atoms with E-state index < -0.39 is 45.1 Å². The summed E-state index contributed by atoms with van der Waals surface area (Å²) in [5, 5.41) is 17.7. The van der Waals surface area contributed by atoms with Gasteiger partial charge in [-0.1, -0.05) is 6.07 Å². The molecule has 7 N–H and O–H groups in total. The van der Waals surface area contributed by atoms with E-state index in [0.29, 0.717) is 0 Å². The average Bonchev–Trinajstić information content (AvgIpc) is 3.41. The monoisotopic (exact) mass is 532 g/mol. The Labute approximate surface area is 212 Å². The number of nitrogens with two attached hydrogens (primary N) is 2. The number of imide groups is 1. The highest BCUT2D eigenvalue weighted by molar-refractivity contribution is 7.90. The van der Waals surface area contributed by atoms with Crippen LogP contribution in [0.2, 0.25) is 0 Å². The third-order valence-corrected chi connectivity index (χ3v) is 8.67. The highest BCUT2D eigenvalue weighted by Crippen LogP contribution is 2.46. The first kappa shape index (κ1) is 25.0. The van der Waals surface area contributed by atoms with E-state index in [9.17, 15) is 27.9 Å². The molecule has 198 valence electrons. The number of likely N-dealkylation sites (tertiary alicyclic amines) is 1. The summed E-state index contributed by atoms with van der Waals surface area (Å²) in [6.07, 6.45) is 1.27. The van der Waals surface area contributed by atoms with Crippen molar-refractivity contribution in [3.05, 3.63) is 29.8 Å². The number of rotatable bonds is 5. The fourth-order valence-electron chi connectivity index (χ4n) is 5.64. The Morgan fingerprint density at radius 1 is 1.24 bits per heavy atom. The Morgan fingerprint density at radius 3 is 2.57 bits per heavy atom. The van der Waals surface area contributed by atoms with Gasteiger partial charge in [0.05, 0.1) is 23.5 Å². The molecule has 37 heavy (non-hydrogen) atoms. The van der Waals surface area contributed by atoms with E-state index >= 15 is 0 Å². The molecule has 15 heteroatoms. The summed E-state index contributed by atoms with van der Waals surface area (Å²) in [6.45, 7) is 1.45. The number of aliphatic imine (C=N–C) groups is 2. The van der Waals surface area contributed by atoms with Gasteiger partial charge in [0.2, 0.25) is 11.8 Å². The van der Waals surface area contributed by atoms with Crippen LogP contribution in [0.25, 0.3) is 0 Å². The summed E-state index contributed by atoms with van der Waals surface area (Å²) in [6, 6.07) is 3.02. The van der Waals surface area contributed by atoms with E-state index in [1.54, 1.807) is 4.90 Å². The Hall–Kier alpha value is -3.72. The summed E-state index contributed by atoms with van der Waals surface area (Å²) in [5.74, 6) is -1.21. The number of guanidine groups is 2. The zero-order chi connectivity index (χ0) is 26.9. The molecule has 4 aliphatic rings. The maximum Gasteiger partial charge on any atom is 0.251 e. The van der Waals surface area contributed by atoms with E-state index in [0.717, 1.165) is 11.2 Å². The molecule has 4 aliphatic heterocycles. The van der Waals surface area contributed by atoms with Crippen molar-refractivity contribution in [3.8, 4) is 0 Å². The third kappa shape index (κ3) is 3.71. The molecule has 3 amide bonds. The maximum atomic E-state index is 13.1. The molecule has 14 nitrogen and oxygen atoms in total. The third-order valence-electron chi connectivity index (χ3n) is 7.56. The quantitative estimate of drug-likeness (QED) is 0.244. The summed E-state index contributed by atoms with van der Waals surface area (Å²) in [5.41, 5.74) is 9.30. The zero-order valence-electron chi connectivity index (χ0n) is 20.2. The van der Waals surface area contributed by atoms with E-state index in [1.165, 1.54) is 31.2 Å². The van der Waals surface area contributed by atoms with Crippen LogP contribution in [0.1, 0.15) is 30.1 Å². The van der Waals surface area contributed by atoms with Gasteiger partial charge in [-0.3, -0.25) is 19.3 Å². The smallest absolute Gasteiger partial charge is 0.251 e. The molecule has 1 spiro atoms. The molecule has 1 aromatic carbocycles. The Kier molecular flexibility index (Phi) is 5.49. The van der Waals surface area contributed by atoms with Crippen molar-refractivity contribution in [1.29, 1.82) is 0 Å². The molecule has 5 rings (SSSR count). The summed E-state index contributed by atoms with van der Waals surface area (Å²) < 4.78 is 23.9. The molecule has 0 bridgehead atoms. The van der Waals surface area contributed by atoms with Crippen LogP contribution in [0.3, 0.4) is 0 Å². The lowest BCUT2D eigenvalue weighted by atomic mass is 9.78. The Balaban J connectivity index is 1.46. The minimum absolute atomic E-state index is 0.0112. The van der Waals surface area contributed by atoms with Crippen LogP contribution >= 0.6 is 0 Å². The minimum atomic E-state index is -3.54. The molecule has 4 heterocycles. The van der Waals surface area contributed by atoms with E-state index in [-0.39, 0.29) is 60.1 Å². The van der Waals surface area contributed by atoms with E-state index in [4.69, 9.17) is 11.5 Å². The number of carbonyl (C=O) groups is 3. The molecule has 0 radical (unpaired) electrons. The summed E-state index contributed by atoms with van der Waals surface area (Å²) >= 11 is 0. The fourth-order valence-corrected chi connectivity index (χ4v) is 6.31. The standard InChI is InChI=1S/C22H28N8O6S/c1-21(34)14(26-18(33)11-4-3-5-12(8-11)37(2,35)36)10-30-20(24)25-13(9-29-15(31)6-7-16(29)32)17-22(21,30)28-19(23)27-17/h3-5,8,13-14,17,34H,6-7,9-10H2,1-2H3,(H2,24,25)(H,26,33)(H3,23,27,28)/t13?,14-,17?,21-,22?/m0/s1. The predicted molar refractivity (Wildman–Crippen MR) is 131 cm³/mol. The van der Waals surface area contributed by atoms with Crippen molar-refractivity contribution in [2.75, 3.05) is 19.3 Å². The van der Waals surface area contributed by atoms with Crippen LogP contribution in [0.5, 0.6) is 0 Å². The molecule has 3 unspecified atom stereocenters. The zero-order valence-corrected chi connectivity index (χ0v) is 21.0. The molecule has 5 atom stereocenters. The highest BCUT2D eigenvalue weighted by atomic mass is 32.2. The van der Waals surface area contributed by atoms with Crippen molar-refractivity contribution in [2.45, 2.75) is 54.1 Å². The number of aliphatic hydroxyl groups is 1. The van der Waals surface area contributed by atoms with E-state index in [2.05, 4.69) is 20.6 Å². The second-order valence-corrected chi connectivity index (χ2v) is 11.9. The Bertz CT molecular complexity index is 1360. The first-order valence-corrected chi connectivity index (χ1v) is 13.5. The van der Waals surface area contributed by atoms with Gasteiger partial charge >= 0.3 is 0 Å². The molecule has 0 aromatic heterocycles. The van der Waals surface area contributed by atoms with Gasteiger partial charge in [-0.2, -0.15) is 0 Å². The number of nitrogens with one attached hydrogen (secondary N) is 2. The molecule has 2 saturated heterocycles. The van der Waals surface area contributed by atoms with Crippen LogP contribution in [-0.4, -0.2) is 102 Å². The lowest BCUT2D eigenvalue weighted by Gasteiger charge is -2.50. The first-order chi connectivity index (χ1) is 17.3. The molecule has 2 fully saturated rings. The van der Waals surface area contributed by atoms with Crippen LogP contribution in [0.4, 0.5) is 0 Å². The number of sulfone groups is 1. The van der Waals surface area contributed by atoms with Gasteiger partial charge in [0.1, 0.15) is 11.6 Å². The van der Waals surface area contributed by atoms with Gasteiger partial charge < -0.3 is 32.1 Å². The lowest BCUT2D eigenvalue weighted by molar-refractivity contribution is -0.139. The van der Waals surface area contributed by atoms with Crippen molar-refractivity contribution in [1.82, 2.24) is 20.4 Å². The van der Waals surface area contributed by atoms with Crippen molar-refractivity contribution < 1.29 is 27.9 Å². The van der Waals surface area contributed by atoms with Crippen molar-refractivity contribution in [2.24, 2.45) is 21.5 Å². The van der Waals surface area contributed by atoms with Gasteiger partial charge in [0.15, 0.2) is 27.4 Å². The molecule has 0 aliphatic carbocycles. The lowest BCUT2D eigenvalue weighted by Crippen LogP contribution is -2.77. The van der Waals surface area contributed by atoms with Crippen LogP contribution in [0.15, 0.2) is 39.1 Å². The van der Waals surface area contributed by atoms with Gasteiger partial charge in [-0.05, 0) is 25.1 Å². The van der Waals surface area contributed by atoms with Crippen molar-refractivity contribution >= 4 is 39.5 Å². The fraction of sp³-hybridized carbons (Fsp3) is 0.500. The maximum absolute atomic E-state index is 13.1. The highest BCUT2D eigenvalue weighted by Gasteiger charge is 2.71. The number of carbonyl (C=O) groups excluding carboxylic acids is 3. The summed E-state index contributed by atoms with van der Waals surface area (Å²) in [7, 11) is -3.54. The van der Waals surface area contributed by atoms with Crippen LogP contribution in [0, 0.1) is 0 Å². The van der Waals surface area contributed by atoms with Crippen LogP contribution < -0.4 is 22.1 Å². The number of hydrogen-bond acceptors (Lipinski definition) is 12. The average molecular weight is 533 g/mol. The molecular weight excluding hydrogens is 504 g/mol. The number of hydrogen-bond donors (Lipinski definition) is 5. The molecule has 0 saturated carbocycles. The van der Waals surface area contributed by atoms with Crippen LogP contribution in [-0.2, 0) is 19.4 Å². The first-order valence-electron chi connectivity index (χ1n) is 11.6. The van der Waals surface area contributed by atoms with Crippen molar-refractivity contribution in [3.63, 3.8) is 0 Å². The van der Waals surface area contributed by atoms with Gasteiger partial charge in [0.25, 0.3) is 5.91 Å². The summed E-state index contributed by atoms with van der Waals surface area (Å²) in [4.78, 5) is 49.2. The van der Waals surface area contributed by atoms with Gasteiger partial charge in [0, 0.05) is 31.2 Å². The number of amides is 3. The topological polar surface area (TPSA) is 213 Å².